The zero-order chi connectivity index (χ0) is 11.0. The van der Waals surface area contributed by atoms with Crippen LogP contribution >= 0.6 is 0 Å². The molecule has 0 bridgehead atoms. The van der Waals surface area contributed by atoms with E-state index in [4.69, 9.17) is 0 Å². The zero-order valence-electron chi connectivity index (χ0n) is 9.75. The summed E-state index contributed by atoms with van der Waals surface area (Å²) in [5.41, 5.74) is -0.531. The fourth-order valence-corrected chi connectivity index (χ4v) is 1.46. The second-order valence-electron chi connectivity index (χ2n) is 4.91. The fourth-order valence-electron chi connectivity index (χ4n) is 1.46. The third-order valence-electron chi connectivity index (χ3n) is 2.52. The summed E-state index contributed by atoms with van der Waals surface area (Å²) in [4.78, 5) is 10.1. The van der Waals surface area contributed by atoms with Crippen molar-refractivity contribution in [3.63, 3.8) is 0 Å². The maximum Gasteiger partial charge on any atom is 0.119 e. The Morgan fingerprint density at radius 2 is 1.93 bits per heavy atom. The number of carbonyl (C=O) groups is 1. The lowest BCUT2D eigenvalue weighted by Crippen LogP contribution is -2.19. The van der Waals surface area contributed by atoms with Crippen LogP contribution in [0.15, 0.2) is 0 Å². The second-order valence-corrected chi connectivity index (χ2v) is 4.91. The van der Waals surface area contributed by atoms with Gasteiger partial charge in [-0.1, -0.05) is 19.8 Å². The van der Waals surface area contributed by atoms with Gasteiger partial charge < -0.3 is 9.90 Å². The van der Waals surface area contributed by atoms with E-state index in [0.717, 1.165) is 32.0 Å². The van der Waals surface area contributed by atoms with Crippen molar-refractivity contribution in [1.29, 1.82) is 0 Å². The summed E-state index contributed by atoms with van der Waals surface area (Å²) >= 11 is 0. The second kappa shape index (κ2) is 6.99. The topological polar surface area (TPSA) is 37.3 Å². The maximum absolute atomic E-state index is 10.1. The predicted molar refractivity (Wildman–Crippen MR) is 59.2 cm³/mol. The van der Waals surface area contributed by atoms with Crippen molar-refractivity contribution >= 4 is 6.29 Å². The molecule has 1 atom stereocenters. The van der Waals surface area contributed by atoms with E-state index in [2.05, 4.69) is 6.92 Å². The first-order valence-electron chi connectivity index (χ1n) is 5.61. The van der Waals surface area contributed by atoms with E-state index in [9.17, 15) is 9.90 Å². The monoisotopic (exact) mass is 200 g/mol. The van der Waals surface area contributed by atoms with Gasteiger partial charge in [0.1, 0.15) is 6.29 Å². The van der Waals surface area contributed by atoms with Crippen LogP contribution in [0.2, 0.25) is 0 Å². The predicted octanol–water partition coefficient (Wildman–Crippen LogP) is 2.93. The van der Waals surface area contributed by atoms with Gasteiger partial charge in [0.25, 0.3) is 0 Å². The summed E-state index contributed by atoms with van der Waals surface area (Å²) in [5, 5.41) is 9.53. The number of hydrogen-bond acceptors (Lipinski definition) is 2. The number of carbonyl (C=O) groups excluding carboxylic acids is 1. The quantitative estimate of drug-likeness (QED) is 0.483. The lowest BCUT2D eigenvalue weighted by molar-refractivity contribution is -0.107. The first-order chi connectivity index (χ1) is 6.45. The van der Waals surface area contributed by atoms with Crippen molar-refractivity contribution in [2.75, 3.05) is 0 Å². The Morgan fingerprint density at radius 3 is 2.43 bits per heavy atom. The minimum atomic E-state index is -0.531. The average molecular weight is 200 g/mol. The molecule has 0 fully saturated rings. The van der Waals surface area contributed by atoms with Crippen molar-refractivity contribution in [3.8, 4) is 0 Å². The number of hydrogen-bond donors (Lipinski definition) is 1. The molecule has 0 aromatic carbocycles. The molecule has 0 aliphatic carbocycles. The van der Waals surface area contributed by atoms with Crippen LogP contribution in [0.3, 0.4) is 0 Å². The van der Waals surface area contributed by atoms with Gasteiger partial charge in [0.15, 0.2) is 0 Å². The van der Waals surface area contributed by atoms with Crippen LogP contribution in [0.4, 0.5) is 0 Å². The molecule has 0 aromatic rings. The minimum Gasteiger partial charge on any atom is -0.390 e. The summed E-state index contributed by atoms with van der Waals surface area (Å²) < 4.78 is 0. The molecule has 14 heavy (non-hydrogen) atoms. The molecular formula is C12H24O2. The molecule has 0 aliphatic heterocycles. The standard InChI is InChI=1S/C12H24O2/c1-11(7-5-4-6-10-13)8-9-12(2,3)14/h10-11,14H,4-9H2,1-3H3. The Bertz CT molecular complexity index is 147. The Hall–Kier alpha value is -0.370. The van der Waals surface area contributed by atoms with E-state index >= 15 is 0 Å². The molecular weight excluding hydrogens is 176 g/mol. The highest BCUT2D eigenvalue weighted by Crippen LogP contribution is 2.19. The smallest absolute Gasteiger partial charge is 0.119 e. The molecule has 0 amide bonds. The molecule has 0 rings (SSSR count). The van der Waals surface area contributed by atoms with Gasteiger partial charge in [0.05, 0.1) is 5.60 Å². The maximum atomic E-state index is 10.1. The molecule has 84 valence electrons. The number of aliphatic hydroxyl groups is 1. The lowest BCUT2D eigenvalue weighted by atomic mass is 9.92. The summed E-state index contributed by atoms with van der Waals surface area (Å²) in [5.74, 6) is 0.660. The Labute approximate surface area is 87.7 Å². The van der Waals surface area contributed by atoms with E-state index in [-0.39, 0.29) is 0 Å². The Morgan fingerprint density at radius 1 is 1.29 bits per heavy atom. The van der Waals surface area contributed by atoms with Crippen LogP contribution in [0.25, 0.3) is 0 Å². The Balaban J connectivity index is 3.36. The van der Waals surface area contributed by atoms with Gasteiger partial charge in [-0.05, 0) is 39.0 Å². The number of unbranched alkanes of at least 4 members (excludes halogenated alkanes) is 2. The third-order valence-corrected chi connectivity index (χ3v) is 2.52. The molecule has 2 heteroatoms. The summed E-state index contributed by atoms with van der Waals surface area (Å²) in [7, 11) is 0. The SMILES string of the molecule is CC(CCCCC=O)CCC(C)(C)O. The van der Waals surface area contributed by atoms with Crippen LogP contribution in [0, 0.1) is 5.92 Å². The molecule has 0 saturated carbocycles. The molecule has 1 N–H and O–H groups in total. The molecule has 0 spiro atoms. The highest BCUT2D eigenvalue weighted by molar-refractivity contribution is 5.48. The third kappa shape index (κ3) is 9.72. The first-order valence-corrected chi connectivity index (χ1v) is 5.61. The van der Waals surface area contributed by atoms with Crippen LogP contribution in [0.5, 0.6) is 0 Å². The van der Waals surface area contributed by atoms with Gasteiger partial charge in [-0.15, -0.1) is 0 Å². The summed E-state index contributed by atoms with van der Waals surface area (Å²) in [6.45, 7) is 5.92. The first kappa shape index (κ1) is 13.6. The van der Waals surface area contributed by atoms with Gasteiger partial charge in [0.2, 0.25) is 0 Å². The lowest BCUT2D eigenvalue weighted by Gasteiger charge is -2.19. The molecule has 2 nitrogen and oxygen atoms in total. The number of rotatable bonds is 8. The van der Waals surface area contributed by atoms with Crippen molar-refractivity contribution in [2.24, 2.45) is 5.92 Å². The average Bonchev–Trinajstić information content (AvgIpc) is 2.08. The van der Waals surface area contributed by atoms with Gasteiger partial charge in [-0.2, -0.15) is 0 Å². The Kier molecular flexibility index (Phi) is 6.81. The largest absolute Gasteiger partial charge is 0.390 e. The highest BCUT2D eigenvalue weighted by Gasteiger charge is 2.13. The van der Waals surface area contributed by atoms with E-state index in [0.29, 0.717) is 12.3 Å². The number of aldehydes is 1. The molecule has 0 saturated heterocycles. The molecule has 0 aliphatic rings. The van der Waals surface area contributed by atoms with Gasteiger partial charge in [-0.3, -0.25) is 0 Å². The van der Waals surface area contributed by atoms with Crippen LogP contribution in [-0.4, -0.2) is 17.0 Å². The zero-order valence-corrected chi connectivity index (χ0v) is 9.75. The van der Waals surface area contributed by atoms with Crippen LogP contribution in [0.1, 0.15) is 59.3 Å². The van der Waals surface area contributed by atoms with Crippen molar-refractivity contribution in [2.45, 2.75) is 64.9 Å². The van der Waals surface area contributed by atoms with E-state index < -0.39 is 5.60 Å². The summed E-state index contributed by atoms with van der Waals surface area (Å²) in [6, 6.07) is 0. The normalized spacial score (nSPS) is 14.0. The van der Waals surface area contributed by atoms with Gasteiger partial charge >= 0.3 is 0 Å². The fraction of sp³-hybridized carbons (Fsp3) is 0.917. The van der Waals surface area contributed by atoms with Crippen molar-refractivity contribution in [1.82, 2.24) is 0 Å². The molecule has 0 heterocycles. The van der Waals surface area contributed by atoms with Gasteiger partial charge in [-0.25, -0.2) is 0 Å². The molecule has 0 radical (unpaired) electrons. The van der Waals surface area contributed by atoms with E-state index in [1.54, 1.807) is 0 Å². The van der Waals surface area contributed by atoms with Crippen LogP contribution in [-0.2, 0) is 4.79 Å². The van der Waals surface area contributed by atoms with Crippen molar-refractivity contribution in [3.05, 3.63) is 0 Å². The van der Waals surface area contributed by atoms with Crippen LogP contribution < -0.4 is 0 Å². The van der Waals surface area contributed by atoms with Crippen molar-refractivity contribution < 1.29 is 9.90 Å². The van der Waals surface area contributed by atoms with Gasteiger partial charge in [0, 0.05) is 6.42 Å². The molecule has 0 aromatic heterocycles. The highest BCUT2D eigenvalue weighted by atomic mass is 16.3. The minimum absolute atomic E-state index is 0.531. The van der Waals surface area contributed by atoms with E-state index in [1.807, 2.05) is 13.8 Å². The molecule has 1 unspecified atom stereocenters. The van der Waals surface area contributed by atoms with E-state index in [1.165, 1.54) is 6.42 Å². The summed E-state index contributed by atoms with van der Waals surface area (Å²) in [6.07, 6.45) is 6.93.